The van der Waals surface area contributed by atoms with Crippen LogP contribution in [0.3, 0.4) is 0 Å². The Hall–Kier alpha value is -2.68. The molecule has 0 radical (unpaired) electrons. The molecule has 2 rings (SSSR count). The summed E-state index contributed by atoms with van der Waals surface area (Å²) in [5, 5.41) is 11.8. The molecule has 108 valence electrons. The van der Waals surface area contributed by atoms with E-state index in [2.05, 4.69) is 5.32 Å². The minimum atomic E-state index is -4.33. The quantitative estimate of drug-likeness (QED) is 0.846. The second-order valence-corrected chi connectivity index (χ2v) is 4.46. The number of benzene rings is 2. The Balaban J connectivity index is 2.03. The SMILES string of the molecule is N#Cc1ccc(NCc2ccc(C(F)(F)F)cc2)cc1N. The van der Waals surface area contributed by atoms with Crippen molar-refractivity contribution in [2.75, 3.05) is 11.1 Å². The Morgan fingerprint density at radius 2 is 1.76 bits per heavy atom. The number of rotatable bonds is 3. The van der Waals surface area contributed by atoms with Crippen molar-refractivity contribution in [2.24, 2.45) is 0 Å². The van der Waals surface area contributed by atoms with Crippen molar-refractivity contribution in [2.45, 2.75) is 12.7 Å². The Labute approximate surface area is 119 Å². The van der Waals surface area contributed by atoms with E-state index < -0.39 is 11.7 Å². The summed E-state index contributed by atoms with van der Waals surface area (Å²) in [6.45, 7) is 0.365. The molecule has 0 aliphatic heterocycles. The van der Waals surface area contributed by atoms with Gasteiger partial charge in [-0.25, -0.2) is 0 Å². The molecule has 0 aliphatic carbocycles. The molecule has 3 N–H and O–H groups in total. The summed E-state index contributed by atoms with van der Waals surface area (Å²) in [6.07, 6.45) is -4.33. The summed E-state index contributed by atoms with van der Waals surface area (Å²) >= 11 is 0. The highest BCUT2D eigenvalue weighted by Crippen LogP contribution is 2.29. The average molecular weight is 291 g/mol. The first-order chi connectivity index (χ1) is 9.90. The Kier molecular flexibility index (Phi) is 4.03. The summed E-state index contributed by atoms with van der Waals surface area (Å²) < 4.78 is 37.3. The van der Waals surface area contributed by atoms with Crippen LogP contribution in [0.4, 0.5) is 24.5 Å². The fourth-order valence-corrected chi connectivity index (χ4v) is 1.79. The Morgan fingerprint density at radius 1 is 1.10 bits per heavy atom. The first-order valence-electron chi connectivity index (χ1n) is 6.10. The number of halogens is 3. The number of alkyl halides is 3. The fourth-order valence-electron chi connectivity index (χ4n) is 1.79. The van der Waals surface area contributed by atoms with Crippen molar-refractivity contribution in [1.29, 1.82) is 5.26 Å². The van der Waals surface area contributed by atoms with E-state index in [1.807, 2.05) is 6.07 Å². The number of nitrogen functional groups attached to an aromatic ring is 1. The number of nitrogens with one attached hydrogen (secondary N) is 1. The molecule has 0 unspecified atom stereocenters. The Morgan fingerprint density at radius 3 is 2.29 bits per heavy atom. The number of hydrogen-bond donors (Lipinski definition) is 2. The topological polar surface area (TPSA) is 61.8 Å². The van der Waals surface area contributed by atoms with Crippen molar-refractivity contribution in [3.05, 3.63) is 59.2 Å². The molecule has 0 aromatic heterocycles. The highest BCUT2D eigenvalue weighted by atomic mass is 19.4. The molecular weight excluding hydrogens is 279 g/mol. The first kappa shape index (κ1) is 14.7. The van der Waals surface area contributed by atoms with Gasteiger partial charge in [0.05, 0.1) is 16.8 Å². The minimum Gasteiger partial charge on any atom is -0.398 e. The molecule has 0 saturated carbocycles. The lowest BCUT2D eigenvalue weighted by Gasteiger charge is -2.10. The van der Waals surface area contributed by atoms with Gasteiger partial charge >= 0.3 is 6.18 Å². The van der Waals surface area contributed by atoms with Gasteiger partial charge in [-0.3, -0.25) is 0 Å². The van der Waals surface area contributed by atoms with Crippen molar-refractivity contribution < 1.29 is 13.2 Å². The molecule has 0 saturated heterocycles. The fraction of sp³-hybridized carbons (Fsp3) is 0.133. The molecule has 21 heavy (non-hydrogen) atoms. The predicted molar refractivity (Wildman–Crippen MR) is 74.3 cm³/mol. The van der Waals surface area contributed by atoms with Crippen LogP contribution in [0.15, 0.2) is 42.5 Å². The maximum Gasteiger partial charge on any atom is 0.416 e. The van der Waals surface area contributed by atoms with E-state index in [-0.39, 0.29) is 0 Å². The lowest BCUT2D eigenvalue weighted by molar-refractivity contribution is -0.137. The maximum absolute atomic E-state index is 12.4. The van der Waals surface area contributed by atoms with E-state index >= 15 is 0 Å². The molecular formula is C15H12F3N3. The van der Waals surface area contributed by atoms with E-state index in [4.69, 9.17) is 11.0 Å². The largest absolute Gasteiger partial charge is 0.416 e. The molecule has 0 fully saturated rings. The molecule has 2 aromatic rings. The van der Waals surface area contributed by atoms with Crippen molar-refractivity contribution in [3.63, 3.8) is 0 Å². The minimum absolute atomic E-state index is 0.356. The van der Waals surface area contributed by atoms with Gasteiger partial charge in [0, 0.05) is 12.2 Å². The highest BCUT2D eigenvalue weighted by molar-refractivity contribution is 5.62. The van der Waals surface area contributed by atoms with Gasteiger partial charge in [-0.05, 0) is 35.9 Å². The lowest BCUT2D eigenvalue weighted by atomic mass is 10.1. The third-order valence-electron chi connectivity index (χ3n) is 2.95. The zero-order valence-corrected chi connectivity index (χ0v) is 10.9. The van der Waals surface area contributed by atoms with Gasteiger partial charge in [-0.2, -0.15) is 18.4 Å². The summed E-state index contributed by atoms with van der Waals surface area (Å²) in [5.41, 5.74) is 7.16. The van der Waals surface area contributed by atoms with E-state index in [0.717, 1.165) is 12.1 Å². The molecule has 6 heteroatoms. The van der Waals surface area contributed by atoms with E-state index in [1.165, 1.54) is 12.1 Å². The normalized spacial score (nSPS) is 11.0. The zero-order valence-electron chi connectivity index (χ0n) is 10.9. The standard InChI is InChI=1S/C15H12F3N3/c16-15(17,18)12-4-1-10(2-5-12)9-21-13-6-3-11(8-19)14(20)7-13/h1-7,21H,9,20H2. The Bertz CT molecular complexity index is 670. The third kappa shape index (κ3) is 3.66. The number of nitrogens with zero attached hydrogens (tertiary/aromatic N) is 1. The second-order valence-electron chi connectivity index (χ2n) is 4.46. The summed E-state index contributed by atoms with van der Waals surface area (Å²) in [5.74, 6) is 0. The summed E-state index contributed by atoms with van der Waals surface area (Å²) in [4.78, 5) is 0. The van der Waals surface area contributed by atoms with Crippen LogP contribution in [0.5, 0.6) is 0 Å². The zero-order chi connectivity index (χ0) is 15.5. The van der Waals surface area contributed by atoms with Gasteiger partial charge in [-0.1, -0.05) is 12.1 Å². The maximum atomic E-state index is 12.4. The van der Waals surface area contributed by atoms with Crippen LogP contribution in [-0.4, -0.2) is 0 Å². The lowest BCUT2D eigenvalue weighted by Crippen LogP contribution is -2.05. The molecule has 0 heterocycles. The number of nitrogens with two attached hydrogens (primary N) is 1. The number of anilines is 2. The molecule has 0 amide bonds. The predicted octanol–water partition coefficient (Wildman–Crippen LogP) is 3.77. The molecule has 0 aliphatic rings. The highest BCUT2D eigenvalue weighted by Gasteiger charge is 2.29. The third-order valence-corrected chi connectivity index (χ3v) is 2.95. The molecule has 2 aromatic carbocycles. The van der Waals surface area contributed by atoms with Crippen molar-refractivity contribution in [1.82, 2.24) is 0 Å². The van der Waals surface area contributed by atoms with Crippen molar-refractivity contribution in [3.8, 4) is 6.07 Å². The van der Waals surface area contributed by atoms with Gasteiger partial charge < -0.3 is 11.1 Å². The summed E-state index contributed by atoms with van der Waals surface area (Å²) in [7, 11) is 0. The van der Waals surface area contributed by atoms with Crippen LogP contribution in [0.25, 0.3) is 0 Å². The van der Waals surface area contributed by atoms with Crippen LogP contribution in [0.2, 0.25) is 0 Å². The number of nitriles is 1. The first-order valence-corrected chi connectivity index (χ1v) is 6.10. The van der Waals surface area contributed by atoms with Gasteiger partial charge in [0.1, 0.15) is 6.07 Å². The smallest absolute Gasteiger partial charge is 0.398 e. The molecule has 0 spiro atoms. The van der Waals surface area contributed by atoms with Gasteiger partial charge in [0.15, 0.2) is 0 Å². The summed E-state index contributed by atoms with van der Waals surface area (Å²) in [6, 6.07) is 11.8. The molecule has 0 bridgehead atoms. The van der Waals surface area contributed by atoms with Crippen LogP contribution >= 0.6 is 0 Å². The molecule has 3 nitrogen and oxygen atoms in total. The number of hydrogen-bond acceptors (Lipinski definition) is 3. The second kappa shape index (κ2) is 5.75. The van der Waals surface area contributed by atoms with Crippen LogP contribution in [0, 0.1) is 11.3 Å². The van der Waals surface area contributed by atoms with Crippen LogP contribution in [0.1, 0.15) is 16.7 Å². The van der Waals surface area contributed by atoms with E-state index in [0.29, 0.717) is 29.0 Å². The van der Waals surface area contributed by atoms with Crippen molar-refractivity contribution >= 4 is 11.4 Å². The average Bonchev–Trinajstić information content (AvgIpc) is 2.45. The van der Waals surface area contributed by atoms with Gasteiger partial charge in [-0.15, -0.1) is 0 Å². The van der Waals surface area contributed by atoms with Gasteiger partial charge in [0.25, 0.3) is 0 Å². The van der Waals surface area contributed by atoms with Crippen LogP contribution < -0.4 is 11.1 Å². The monoisotopic (exact) mass is 291 g/mol. The molecule has 0 atom stereocenters. The van der Waals surface area contributed by atoms with E-state index in [1.54, 1.807) is 18.2 Å². The van der Waals surface area contributed by atoms with Gasteiger partial charge in [0.2, 0.25) is 0 Å². The van der Waals surface area contributed by atoms with E-state index in [9.17, 15) is 13.2 Å². The van der Waals surface area contributed by atoms with Crippen LogP contribution in [-0.2, 0) is 12.7 Å².